The quantitative estimate of drug-likeness (QED) is 0.691. The summed E-state index contributed by atoms with van der Waals surface area (Å²) in [5.74, 6) is 1.54. The highest BCUT2D eigenvalue weighted by molar-refractivity contribution is 9.09. The predicted octanol–water partition coefficient (Wildman–Crippen LogP) is 4.71. The summed E-state index contributed by atoms with van der Waals surface area (Å²) < 4.78 is 11.4. The highest BCUT2D eigenvalue weighted by atomic mass is 79.9. The van der Waals surface area contributed by atoms with Crippen molar-refractivity contribution in [1.29, 1.82) is 0 Å². The van der Waals surface area contributed by atoms with Crippen molar-refractivity contribution in [3.63, 3.8) is 0 Å². The minimum absolute atomic E-state index is 0.0210. The summed E-state index contributed by atoms with van der Waals surface area (Å²) in [7, 11) is 0. The van der Waals surface area contributed by atoms with E-state index in [0.29, 0.717) is 0 Å². The first-order valence-corrected chi connectivity index (χ1v) is 7.21. The number of ether oxygens (including phenoxy) is 2. The molecule has 0 aliphatic carbocycles. The van der Waals surface area contributed by atoms with Crippen LogP contribution in [0.3, 0.4) is 0 Å². The van der Waals surface area contributed by atoms with Crippen LogP contribution in [-0.2, 0) is 0 Å². The fourth-order valence-corrected chi connectivity index (χ4v) is 1.49. The summed E-state index contributed by atoms with van der Waals surface area (Å²) in [5, 5.41) is 0.0419. The third-order valence-electron chi connectivity index (χ3n) is 2.00. The maximum Gasteiger partial charge on any atom is 0.162 e. The molecule has 0 aliphatic heterocycles. The number of benzene rings is 1. The third kappa shape index (κ3) is 4.34. The Morgan fingerprint density at radius 2 is 1.31 bits per heavy atom. The smallest absolute Gasteiger partial charge is 0.162 e. The zero-order chi connectivity index (χ0) is 12.0. The van der Waals surface area contributed by atoms with Gasteiger partial charge in [-0.1, -0.05) is 26.0 Å². The van der Waals surface area contributed by atoms with Crippen molar-refractivity contribution in [2.24, 2.45) is 0 Å². The molecule has 1 aromatic carbocycles. The molecule has 0 saturated carbocycles. The average molecular weight is 352 g/mol. The summed E-state index contributed by atoms with van der Waals surface area (Å²) in [6.07, 6.45) is 1.81. The highest BCUT2D eigenvalue weighted by Crippen LogP contribution is 2.30. The van der Waals surface area contributed by atoms with E-state index < -0.39 is 0 Å². The fourth-order valence-electron chi connectivity index (χ4n) is 1.09. The normalized spacial score (nSPS) is 14.2. The lowest BCUT2D eigenvalue weighted by molar-refractivity contribution is 0.243. The van der Waals surface area contributed by atoms with Gasteiger partial charge in [0, 0.05) is 0 Å². The number of para-hydroxylation sites is 2. The molecule has 4 heteroatoms. The summed E-state index contributed by atoms with van der Waals surface area (Å²) >= 11 is 6.88. The van der Waals surface area contributed by atoms with Gasteiger partial charge in [-0.25, -0.2) is 0 Å². The second-order valence-electron chi connectivity index (χ2n) is 3.32. The molecule has 0 spiro atoms. The molecule has 90 valence electrons. The topological polar surface area (TPSA) is 18.5 Å². The van der Waals surface area contributed by atoms with E-state index in [2.05, 4.69) is 45.7 Å². The van der Waals surface area contributed by atoms with Crippen LogP contribution in [0.1, 0.15) is 26.7 Å². The second kappa shape index (κ2) is 7.17. The molecule has 0 aromatic heterocycles. The van der Waals surface area contributed by atoms with Gasteiger partial charge in [0.05, 0.1) is 0 Å². The first-order valence-electron chi connectivity index (χ1n) is 5.37. The molecule has 0 aliphatic rings. The molecule has 0 amide bonds. The first-order chi connectivity index (χ1) is 7.67. The molecule has 0 heterocycles. The van der Waals surface area contributed by atoms with Crippen molar-refractivity contribution in [3.05, 3.63) is 24.3 Å². The van der Waals surface area contributed by atoms with Crippen LogP contribution in [0.25, 0.3) is 0 Å². The highest BCUT2D eigenvalue weighted by Gasteiger charge is 2.11. The Morgan fingerprint density at radius 3 is 1.62 bits per heavy atom. The van der Waals surface area contributed by atoms with Crippen molar-refractivity contribution < 1.29 is 9.47 Å². The molecule has 0 radical (unpaired) electrons. The Morgan fingerprint density at radius 1 is 0.938 bits per heavy atom. The molecular weight excluding hydrogens is 336 g/mol. The third-order valence-corrected chi connectivity index (χ3v) is 3.67. The van der Waals surface area contributed by atoms with Crippen LogP contribution >= 0.6 is 31.9 Å². The minimum atomic E-state index is 0.0210. The second-order valence-corrected chi connectivity index (χ2v) is 5.36. The molecule has 2 nitrogen and oxygen atoms in total. The van der Waals surface area contributed by atoms with E-state index in [1.807, 2.05) is 24.3 Å². The summed E-state index contributed by atoms with van der Waals surface area (Å²) in [6, 6.07) is 7.70. The van der Waals surface area contributed by atoms with Gasteiger partial charge in [-0.3, -0.25) is 0 Å². The zero-order valence-electron chi connectivity index (χ0n) is 9.45. The fraction of sp³-hybridized carbons (Fsp3) is 0.500. The average Bonchev–Trinajstić information content (AvgIpc) is 2.31. The van der Waals surface area contributed by atoms with Gasteiger partial charge < -0.3 is 9.47 Å². The standard InChI is InChI=1S/C12H16Br2O2/c1-3-11(13)15-9-7-5-6-8-10(9)16-12(14)4-2/h5-8,11-12H,3-4H2,1-2H3. The number of alkyl halides is 2. The van der Waals surface area contributed by atoms with E-state index in [1.54, 1.807) is 0 Å². The van der Waals surface area contributed by atoms with Crippen molar-refractivity contribution in [2.45, 2.75) is 36.7 Å². The van der Waals surface area contributed by atoms with E-state index in [0.717, 1.165) is 24.3 Å². The van der Waals surface area contributed by atoms with Gasteiger partial charge in [0.15, 0.2) is 21.5 Å². The molecule has 2 atom stereocenters. The summed E-state index contributed by atoms with van der Waals surface area (Å²) in [4.78, 5) is 0. The molecule has 0 saturated heterocycles. The van der Waals surface area contributed by atoms with Gasteiger partial charge in [0.2, 0.25) is 0 Å². The lowest BCUT2D eigenvalue weighted by Crippen LogP contribution is -2.10. The number of halogens is 2. The van der Waals surface area contributed by atoms with Crippen LogP contribution in [0.5, 0.6) is 11.5 Å². The maximum atomic E-state index is 5.71. The van der Waals surface area contributed by atoms with E-state index >= 15 is 0 Å². The van der Waals surface area contributed by atoms with E-state index in [9.17, 15) is 0 Å². The van der Waals surface area contributed by atoms with Crippen molar-refractivity contribution in [2.75, 3.05) is 0 Å². The molecule has 16 heavy (non-hydrogen) atoms. The Bertz CT molecular complexity index is 287. The van der Waals surface area contributed by atoms with Gasteiger partial charge in [-0.15, -0.1) is 0 Å². The molecule has 0 fully saturated rings. The van der Waals surface area contributed by atoms with Crippen LogP contribution in [0.2, 0.25) is 0 Å². The first kappa shape index (κ1) is 13.8. The number of rotatable bonds is 6. The number of hydrogen-bond acceptors (Lipinski definition) is 2. The lowest BCUT2D eigenvalue weighted by atomic mass is 10.3. The molecule has 0 bridgehead atoms. The Labute approximate surface area is 114 Å². The molecule has 1 rings (SSSR count). The van der Waals surface area contributed by atoms with E-state index in [4.69, 9.17) is 9.47 Å². The summed E-state index contributed by atoms with van der Waals surface area (Å²) in [6.45, 7) is 4.12. The maximum absolute atomic E-state index is 5.71. The van der Waals surface area contributed by atoms with Gasteiger partial charge >= 0.3 is 0 Å². The Hall–Kier alpha value is -0.220. The van der Waals surface area contributed by atoms with Crippen LogP contribution in [0.15, 0.2) is 24.3 Å². The zero-order valence-corrected chi connectivity index (χ0v) is 12.6. The van der Waals surface area contributed by atoms with Crippen LogP contribution in [-0.4, -0.2) is 10.0 Å². The SMILES string of the molecule is CCC(Br)Oc1ccccc1OC(Br)CC. The van der Waals surface area contributed by atoms with Crippen LogP contribution in [0.4, 0.5) is 0 Å². The van der Waals surface area contributed by atoms with Crippen molar-refractivity contribution in [3.8, 4) is 11.5 Å². The monoisotopic (exact) mass is 350 g/mol. The van der Waals surface area contributed by atoms with E-state index in [1.165, 1.54) is 0 Å². The molecule has 0 N–H and O–H groups in total. The van der Waals surface area contributed by atoms with Gasteiger partial charge in [-0.05, 0) is 56.8 Å². The molecule has 2 unspecified atom stereocenters. The number of hydrogen-bond donors (Lipinski definition) is 0. The Kier molecular flexibility index (Phi) is 6.21. The predicted molar refractivity (Wildman–Crippen MR) is 73.7 cm³/mol. The lowest BCUT2D eigenvalue weighted by Gasteiger charge is -2.17. The van der Waals surface area contributed by atoms with Crippen molar-refractivity contribution >= 4 is 31.9 Å². The van der Waals surface area contributed by atoms with Gasteiger partial charge in [0.1, 0.15) is 0 Å². The van der Waals surface area contributed by atoms with Gasteiger partial charge in [-0.2, -0.15) is 0 Å². The van der Waals surface area contributed by atoms with Crippen molar-refractivity contribution in [1.82, 2.24) is 0 Å². The molecule has 1 aromatic rings. The Balaban J connectivity index is 2.75. The van der Waals surface area contributed by atoms with E-state index in [-0.39, 0.29) is 10.0 Å². The van der Waals surface area contributed by atoms with Crippen LogP contribution < -0.4 is 9.47 Å². The summed E-state index contributed by atoms with van der Waals surface area (Å²) in [5.41, 5.74) is 0. The molecular formula is C12H16Br2O2. The van der Waals surface area contributed by atoms with Gasteiger partial charge in [0.25, 0.3) is 0 Å². The largest absolute Gasteiger partial charge is 0.475 e. The minimum Gasteiger partial charge on any atom is -0.475 e. The van der Waals surface area contributed by atoms with Crippen LogP contribution in [0, 0.1) is 0 Å².